The van der Waals surface area contributed by atoms with Gasteiger partial charge in [-0.2, -0.15) is 0 Å². The first-order valence-electron chi connectivity index (χ1n) is 8.02. The fourth-order valence-corrected chi connectivity index (χ4v) is 3.14. The van der Waals surface area contributed by atoms with E-state index in [0.717, 1.165) is 10.3 Å². The van der Waals surface area contributed by atoms with Gasteiger partial charge in [0.05, 0.1) is 28.6 Å². The van der Waals surface area contributed by atoms with E-state index in [0.29, 0.717) is 22.1 Å². The van der Waals surface area contributed by atoms with Gasteiger partial charge in [0.15, 0.2) is 0 Å². The maximum absolute atomic E-state index is 12.7. The number of Topliss-reactive ketones (excluding diaryl/α,β-unsaturated/α-hetero) is 1. The lowest BCUT2D eigenvalue weighted by Gasteiger charge is -2.18. The molecule has 4 N–H and O–H groups in total. The second-order valence-electron chi connectivity index (χ2n) is 5.77. The largest absolute Gasteiger partial charge is 0.398 e. The van der Waals surface area contributed by atoms with Crippen molar-refractivity contribution < 1.29 is 14.4 Å². The highest BCUT2D eigenvalue weighted by Gasteiger charge is 2.23. The van der Waals surface area contributed by atoms with Gasteiger partial charge in [-0.1, -0.05) is 28.7 Å². The minimum atomic E-state index is -0.609. The van der Waals surface area contributed by atoms with E-state index in [1.54, 1.807) is 24.4 Å². The van der Waals surface area contributed by atoms with Crippen molar-refractivity contribution in [1.29, 1.82) is 0 Å². The molecule has 0 saturated heterocycles. The lowest BCUT2D eigenvalue weighted by molar-refractivity contribution is -0.141. The molecule has 2 heterocycles. The molecule has 0 atom stereocenters. The first kappa shape index (κ1) is 19.1. The summed E-state index contributed by atoms with van der Waals surface area (Å²) in [4.78, 5) is 46.1. The van der Waals surface area contributed by atoms with Gasteiger partial charge in [-0.3, -0.25) is 24.3 Å². The Morgan fingerprint density at radius 1 is 1.11 bits per heavy atom. The predicted octanol–water partition coefficient (Wildman–Crippen LogP) is 1.30. The van der Waals surface area contributed by atoms with Gasteiger partial charge in [0.25, 0.3) is 0 Å². The van der Waals surface area contributed by atoms with Crippen molar-refractivity contribution in [2.75, 3.05) is 23.3 Å². The molecule has 0 saturated carbocycles. The third-order valence-electron chi connectivity index (χ3n) is 4.06. The van der Waals surface area contributed by atoms with E-state index in [1.165, 1.54) is 6.07 Å². The number of nitrogens with zero attached hydrogens (tertiary/aromatic N) is 3. The Labute approximate surface area is 168 Å². The SMILES string of the molecule is NCC(=O)N(CC(=O)c1ccc2c(N)cc3cccnc3c2n1)C(=O)CI. The zero-order valence-electron chi connectivity index (χ0n) is 14.2. The number of carbonyl (C=O) groups is 3. The van der Waals surface area contributed by atoms with Gasteiger partial charge in [-0.15, -0.1) is 0 Å². The number of pyridine rings is 2. The molecule has 2 amide bonds. The highest BCUT2D eigenvalue weighted by Crippen LogP contribution is 2.27. The minimum Gasteiger partial charge on any atom is -0.398 e. The highest BCUT2D eigenvalue weighted by atomic mass is 127. The van der Waals surface area contributed by atoms with Crippen LogP contribution in [0.15, 0.2) is 36.5 Å². The summed E-state index contributed by atoms with van der Waals surface area (Å²) in [7, 11) is 0. The molecule has 138 valence electrons. The van der Waals surface area contributed by atoms with Crippen LogP contribution in [0.1, 0.15) is 10.5 Å². The number of amides is 2. The Balaban J connectivity index is 2.03. The molecule has 9 heteroatoms. The van der Waals surface area contributed by atoms with E-state index in [1.807, 2.05) is 28.7 Å². The molecule has 3 rings (SSSR count). The van der Waals surface area contributed by atoms with Crippen molar-refractivity contribution >= 4 is 67.7 Å². The number of imide groups is 1. The molecule has 27 heavy (non-hydrogen) atoms. The summed E-state index contributed by atoms with van der Waals surface area (Å²) in [6.45, 7) is -0.768. The zero-order valence-corrected chi connectivity index (χ0v) is 16.3. The van der Waals surface area contributed by atoms with Crippen LogP contribution in [0.25, 0.3) is 21.8 Å². The molecular formula is C18H16IN5O3. The average molecular weight is 477 g/mol. The molecule has 8 nitrogen and oxygen atoms in total. The van der Waals surface area contributed by atoms with Gasteiger partial charge in [0.1, 0.15) is 5.69 Å². The standard InChI is InChI=1S/C18H16IN5O3/c19-7-15(26)24(16(27)8-20)9-14(25)13-4-3-11-12(21)6-10-2-1-5-22-17(10)18(11)23-13/h1-6H,7-9,20-21H2. The number of aromatic nitrogens is 2. The number of alkyl halides is 1. The number of fused-ring (bicyclic) bond motifs is 3. The summed E-state index contributed by atoms with van der Waals surface area (Å²) in [5, 5.41) is 1.48. The fraction of sp³-hybridized carbons (Fsp3) is 0.167. The van der Waals surface area contributed by atoms with E-state index in [9.17, 15) is 14.4 Å². The van der Waals surface area contributed by atoms with Gasteiger partial charge in [0.2, 0.25) is 17.6 Å². The number of carbonyl (C=O) groups excluding carboxylic acids is 3. The molecule has 2 aromatic heterocycles. The topological polar surface area (TPSA) is 132 Å². The van der Waals surface area contributed by atoms with Crippen LogP contribution < -0.4 is 11.5 Å². The summed E-state index contributed by atoms with van der Waals surface area (Å²) in [6, 6.07) is 8.65. The van der Waals surface area contributed by atoms with Gasteiger partial charge in [-0.25, -0.2) is 4.98 Å². The van der Waals surface area contributed by atoms with Crippen LogP contribution >= 0.6 is 22.6 Å². The van der Waals surface area contributed by atoms with Crippen LogP contribution in [0.2, 0.25) is 0 Å². The van der Waals surface area contributed by atoms with Crippen LogP contribution in [0.3, 0.4) is 0 Å². The van der Waals surface area contributed by atoms with E-state index >= 15 is 0 Å². The number of rotatable bonds is 5. The van der Waals surface area contributed by atoms with Crippen molar-refractivity contribution in [2.45, 2.75) is 0 Å². The Morgan fingerprint density at radius 3 is 2.59 bits per heavy atom. The molecule has 0 spiro atoms. The van der Waals surface area contributed by atoms with Gasteiger partial charge in [-0.05, 0) is 24.3 Å². The van der Waals surface area contributed by atoms with Gasteiger partial charge < -0.3 is 11.5 Å². The number of hydrogen-bond acceptors (Lipinski definition) is 7. The van der Waals surface area contributed by atoms with Crippen molar-refractivity contribution in [3.8, 4) is 0 Å². The molecule has 0 bridgehead atoms. The Morgan fingerprint density at radius 2 is 1.89 bits per heavy atom. The summed E-state index contributed by atoms with van der Waals surface area (Å²) in [5.74, 6) is -1.55. The smallest absolute Gasteiger partial charge is 0.243 e. The van der Waals surface area contributed by atoms with Crippen molar-refractivity contribution in [1.82, 2.24) is 14.9 Å². The normalized spacial score (nSPS) is 10.9. The predicted molar refractivity (Wildman–Crippen MR) is 110 cm³/mol. The highest BCUT2D eigenvalue weighted by molar-refractivity contribution is 14.1. The number of anilines is 1. The molecule has 0 aliphatic carbocycles. The molecule has 1 aromatic carbocycles. The Kier molecular flexibility index (Phi) is 5.61. The number of nitrogen functional groups attached to an aromatic ring is 1. The lowest BCUT2D eigenvalue weighted by Crippen LogP contribution is -2.44. The van der Waals surface area contributed by atoms with Crippen molar-refractivity contribution in [3.63, 3.8) is 0 Å². The third-order valence-corrected chi connectivity index (χ3v) is 4.71. The number of nitrogens with two attached hydrogens (primary N) is 2. The van der Waals surface area contributed by atoms with Crippen LogP contribution in [0.5, 0.6) is 0 Å². The Hall–Kier alpha value is -2.66. The number of ketones is 1. The summed E-state index contributed by atoms with van der Waals surface area (Å²) in [5.41, 5.74) is 13.2. The third kappa shape index (κ3) is 3.74. The molecule has 0 unspecified atom stereocenters. The number of halogens is 1. The summed E-state index contributed by atoms with van der Waals surface area (Å²) < 4.78 is 0.0625. The minimum absolute atomic E-state index is 0.0625. The van der Waals surface area contributed by atoms with E-state index in [-0.39, 0.29) is 16.7 Å². The number of hydrogen-bond donors (Lipinski definition) is 2. The number of benzene rings is 1. The van der Waals surface area contributed by atoms with Crippen LogP contribution in [-0.4, -0.2) is 50.0 Å². The molecule has 0 aliphatic heterocycles. The Bertz CT molecular complexity index is 1050. The fourth-order valence-electron chi connectivity index (χ4n) is 2.73. The average Bonchev–Trinajstić information content (AvgIpc) is 2.70. The van der Waals surface area contributed by atoms with Crippen molar-refractivity contribution in [3.05, 3.63) is 42.2 Å². The maximum Gasteiger partial charge on any atom is 0.243 e. The second kappa shape index (κ2) is 7.92. The first-order valence-corrected chi connectivity index (χ1v) is 9.55. The van der Waals surface area contributed by atoms with Crippen molar-refractivity contribution in [2.24, 2.45) is 5.73 Å². The molecule has 0 aliphatic rings. The quantitative estimate of drug-likeness (QED) is 0.186. The summed E-state index contributed by atoms with van der Waals surface area (Å²) in [6.07, 6.45) is 1.63. The first-order chi connectivity index (χ1) is 13.0. The van der Waals surface area contributed by atoms with Crippen LogP contribution in [-0.2, 0) is 9.59 Å². The van der Waals surface area contributed by atoms with Crippen LogP contribution in [0, 0.1) is 0 Å². The monoisotopic (exact) mass is 477 g/mol. The zero-order chi connectivity index (χ0) is 19.6. The summed E-state index contributed by atoms with van der Waals surface area (Å²) >= 11 is 1.83. The molecular weight excluding hydrogens is 461 g/mol. The van der Waals surface area contributed by atoms with Crippen LogP contribution in [0.4, 0.5) is 5.69 Å². The molecule has 3 aromatic rings. The second-order valence-corrected chi connectivity index (χ2v) is 6.53. The molecule has 0 radical (unpaired) electrons. The van der Waals surface area contributed by atoms with Gasteiger partial charge >= 0.3 is 0 Å². The van der Waals surface area contributed by atoms with Gasteiger partial charge in [0, 0.05) is 22.7 Å². The molecule has 0 fully saturated rings. The van der Waals surface area contributed by atoms with E-state index in [4.69, 9.17) is 11.5 Å². The lowest BCUT2D eigenvalue weighted by atomic mass is 10.1. The van der Waals surface area contributed by atoms with E-state index in [2.05, 4.69) is 9.97 Å². The van der Waals surface area contributed by atoms with E-state index < -0.39 is 24.1 Å². The maximum atomic E-state index is 12.7.